The quantitative estimate of drug-likeness (QED) is 0.0423. The number of para-hydroxylation sites is 4. The highest BCUT2D eigenvalue weighted by Crippen LogP contribution is 2.61. The van der Waals surface area contributed by atoms with E-state index in [1.807, 2.05) is 34.8 Å². The van der Waals surface area contributed by atoms with Crippen LogP contribution in [-0.4, -0.2) is 0 Å². The highest BCUT2D eigenvalue weighted by molar-refractivity contribution is 7.29. The van der Waals surface area contributed by atoms with Gasteiger partial charge in [-0.25, -0.2) is 20.2 Å². The SMILES string of the molecule is [C-]#[N+]/C(C#N)=C\c1ccc(-c2cc(-c3ccc4c(c3)C(CCCC)(CCCC)c3cc(N(c5ccccc5)c5ccccc5)ccc3-4)c(-c3sc(-c4ccc(/C=C(\C#N)[N+]#[C-])s4)cc3-c3ccc4c(c3)C(CCCC)(CCCC)c3cc(N(c5ccccc5)c5ccccc5)ccc3-4)s2)s1. The van der Waals surface area contributed by atoms with Gasteiger partial charge >= 0.3 is 0 Å². The van der Waals surface area contributed by atoms with E-state index < -0.39 is 0 Å². The molecule has 0 spiro atoms. The zero-order valence-corrected chi connectivity index (χ0v) is 60.2. The normalized spacial score (nSPS) is 13.1. The Morgan fingerprint density at radius 1 is 0.360 bits per heavy atom. The van der Waals surface area contributed by atoms with E-state index in [9.17, 15) is 10.5 Å². The number of hydrogen-bond donors (Lipinski definition) is 0. The van der Waals surface area contributed by atoms with Crippen molar-refractivity contribution >= 4 is 91.6 Å². The second-order valence-corrected chi connectivity index (χ2v) is 30.5. The van der Waals surface area contributed by atoms with Gasteiger partial charge in [-0.1, -0.05) is 188 Å². The molecule has 0 amide bonds. The molecule has 2 aliphatic carbocycles. The first-order chi connectivity index (χ1) is 49.2. The summed E-state index contributed by atoms with van der Waals surface area (Å²) < 4.78 is 0. The van der Waals surface area contributed by atoms with Crippen LogP contribution in [0.3, 0.4) is 0 Å². The zero-order chi connectivity index (χ0) is 68.7. The van der Waals surface area contributed by atoms with Crippen molar-refractivity contribution in [3.05, 3.63) is 297 Å². The molecule has 0 atom stereocenters. The predicted octanol–water partition coefficient (Wildman–Crippen LogP) is 28.1. The van der Waals surface area contributed by atoms with Gasteiger partial charge in [0.05, 0.1) is 35.0 Å². The number of thiophene rings is 4. The Kier molecular flexibility index (Phi) is 19.8. The summed E-state index contributed by atoms with van der Waals surface area (Å²) in [6, 6.07) is 89.7. The van der Waals surface area contributed by atoms with Crippen molar-refractivity contribution < 1.29 is 0 Å². The maximum atomic E-state index is 9.92. The molecule has 0 bridgehead atoms. The number of allylic oxidation sites excluding steroid dienone is 2. The molecule has 10 heteroatoms. The number of rotatable bonds is 25. The summed E-state index contributed by atoms with van der Waals surface area (Å²) >= 11 is 6.85. The number of unbranched alkanes of at least 4 members (excludes halogenated alkanes) is 4. The smallest absolute Gasteiger partial charge is 0.263 e. The molecular formula is C90H76N6S4. The van der Waals surface area contributed by atoms with E-state index in [1.54, 1.807) is 34.8 Å². The third-order valence-corrected chi connectivity index (χ3v) is 25.0. The van der Waals surface area contributed by atoms with Crippen LogP contribution in [0.1, 0.15) is 137 Å². The molecule has 0 aliphatic heterocycles. The summed E-state index contributed by atoms with van der Waals surface area (Å²) in [5.74, 6) is 0. The average molecular weight is 1370 g/mol. The van der Waals surface area contributed by atoms with Crippen LogP contribution in [0.15, 0.2) is 242 Å². The van der Waals surface area contributed by atoms with Gasteiger partial charge in [0.2, 0.25) is 0 Å². The first-order valence-electron chi connectivity index (χ1n) is 35.0. The molecule has 100 heavy (non-hydrogen) atoms. The largest absolute Gasteiger partial charge is 0.310 e. The molecule has 4 heterocycles. The van der Waals surface area contributed by atoms with E-state index in [4.69, 9.17) is 13.1 Å². The van der Waals surface area contributed by atoms with Crippen molar-refractivity contribution in [1.29, 1.82) is 10.5 Å². The fourth-order valence-electron chi connectivity index (χ4n) is 15.4. The molecule has 8 aromatic carbocycles. The highest BCUT2D eigenvalue weighted by Gasteiger charge is 2.45. The van der Waals surface area contributed by atoms with Crippen molar-refractivity contribution in [2.45, 2.75) is 116 Å². The van der Waals surface area contributed by atoms with Crippen LogP contribution < -0.4 is 9.80 Å². The maximum Gasteiger partial charge on any atom is 0.263 e. The summed E-state index contributed by atoms with van der Waals surface area (Å²) in [7, 11) is 0. The van der Waals surface area contributed by atoms with E-state index in [0.29, 0.717) is 0 Å². The second kappa shape index (κ2) is 29.6. The van der Waals surface area contributed by atoms with Crippen LogP contribution in [0.4, 0.5) is 34.1 Å². The Morgan fingerprint density at radius 2 is 0.680 bits per heavy atom. The van der Waals surface area contributed by atoms with E-state index in [-0.39, 0.29) is 22.2 Å². The summed E-state index contributed by atoms with van der Waals surface area (Å²) in [5, 5.41) is 19.8. The minimum absolute atomic E-state index is 0.0586. The Labute approximate surface area is 605 Å². The average Bonchev–Trinajstić information content (AvgIpc) is 1.56. The van der Waals surface area contributed by atoms with Gasteiger partial charge in [-0.3, -0.25) is 0 Å². The molecule has 4 aromatic heterocycles. The first kappa shape index (κ1) is 66.8. The van der Waals surface area contributed by atoms with Gasteiger partial charge in [-0.05, 0) is 215 Å². The Bertz CT molecular complexity index is 4760. The topological polar surface area (TPSA) is 62.8 Å². The lowest BCUT2D eigenvalue weighted by Crippen LogP contribution is -2.26. The van der Waals surface area contributed by atoms with Gasteiger partial charge < -0.3 is 9.80 Å². The molecular weight excluding hydrogens is 1290 g/mol. The summed E-state index contributed by atoms with van der Waals surface area (Å²) in [5.41, 5.74) is 21.8. The van der Waals surface area contributed by atoms with Gasteiger partial charge in [0.1, 0.15) is 0 Å². The summed E-state index contributed by atoms with van der Waals surface area (Å²) in [4.78, 5) is 20.3. The second-order valence-electron chi connectivity index (χ2n) is 26.2. The molecule has 0 saturated heterocycles. The Hall–Kier alpha value is -10.4. The van der Waals surface area contributed by atoms with Crippen molar-refractivity contribution in [1.82, 2.24) is 0 Å². The number of nitrogens with zero attached hydrogens (tertiary/aromatic N) is 6. The molecule has 0 unspecified atom stereocenters. The van der Waals surface area contributed by atoms with Gasteiger partial charge in [0.25, 0.3) is 11.4 Å². The monoisotopic (exact) mass is 1370 g/mol. The highest BCUT2D eigenvalue weighted by atomic mass is 32.1. The molecule has 2 aliphatic rings. The van der Waals surface area contributed by atoms with Crippen LogP contribution in [0.2, 0.25) is 0 Å². The lowest BCUT2D eigenvalue weighted by molar-refractivity contribution is 0.414. The standard InChI is InChI=1S/C90H76N6S4/c1-7-11-47-89(48-12-8-2)79-51-61(35-41-73(79)75-43-37-69(55-81(75)89)95(65-27-19-15-20-28-65)66-29-21-16-22-30-66)77-57-85(83-45-39-71(97-83)53-63(59-91)93-5)99-87(77)88-78(58-86(100-88)84-46-40-72(98-84)54-64(60-92)94-6)62-36-42-74-76-44-38-70(96(67-31-23-17-24-32-67)68-33-25-18-26-34-68)56-82(76)90(49-13-9-3,50-14-10-4)80(74)52-62/h15-46,51-58H,7-14,47-50H2,1-4H3/b63-53-,64-54+. The van der Waals surface area contributed by atoms with Crippen LogP contribution in [0, 0.1) is 35.8 Å². The Morgan fingerprint density at radius 3 is 0.990 bits per heavy atom. The Balaban J connectivity index is 0.982. The van der Waals surface area contributed by atoms with Crippen LogP contribution in [-0.2, 0) is 10.8 Å². The van der Waals surface area contributed by atoms with Crippen molar-refractivity contribution in [2.24, 2.45) is 0 Å². The molecule has 490 valence electrons. The number of fused-ring (bicyclic) bond motifs is 6. The van der Waals surface area contributed by atoms with Crippen LogP contribution >= 0.6 is 45.3 Å². The fourth-order valence-corrected chi connectivity index (χ4v) is 20.0. The van der Waals surface area contributed by atoms with Crippen molar-refractivity contribution in [2.75, 3.05) is 9.80 Å². The zero-order valence-electron chi connectivity index (χ0n) is 56.9. The summed E-state index contributed by atoms with van der Waals surface area (Å²) in [6.07, 6.45) is 16.2. The van der Waals surface area contributed by atoms with Crippen LogP contribution in [0.25, 0.3) is 95.6 Å². The van der Waals surface area contributed by atoms with Crippen LogP contribution in [0.5, 0.6) is 0 Å². The van der Waals surface area contributed by atoms with Gasteiger partial charge in [0.15, 0.2) is 0 Å². The van der Waals surface area contributed by atoms with E-state index >= 15 is 0 Å². The minimum atomic E-state index is -0.255. The molecule has 0 radical (unpaired) electrons. The summed E-state index contributed by atoms with van der Waals surface area (Å²) in [6.45, 7) is 24.8. The maximum absolute atomic E-state index is 9.92. The lowest BCUT2D eigenvalue weighted by atomic mass is 9.70. The van der Waals surface area contributed by atoms with E-state index in [0.717, 1.165) is 152 Å². The van der Waals surface area contributed by atoms with E-state index in [1.165, 1.54) is 65.4 Å². The predicted molar refractivity (Wildman–Crippen MR) is 425 cm³/mol. The molecule has 0 fully saturated rings. The molecule has 14 rings (SSSR count). The number of nitriles is 2. The van der Waals surface area contributed by atoms with Crippen molar-refractivity contribution in [3.63, 3.8) is 0 Å². The first-order valence-corrected chi connectivity index (χ1v) is 38.3. The molecule has 12 aromatic rings. The minimum Gasteiger partial charge on any atom is -0.310 e. The lowest BCUT2D eigenvalue weighted by Gasteiger charge is -2.34. The van der Waals surface area contributed by atoms with Crippen molar-refractivity contribution in [3.8, 4) is 85.9 Å². The number of hydrogen-bond acceptors (Lipinski definition) is 8. The van der Waals surface area contributed by atoms with E-state index in [2.05, 4.69) is 278 Å². The van der Waals surface area contributed by atoms with Gasteiger partial charge in [-0.15, -0.1) is 45.3 Å². The van der Waals surface area contributed by atoms with Gasteiger partial charge in [0, 0.05) is 85.3 Å². The third kappa shape index (κ3) is 12.7. The van der Waals surface area contributed by atoms with Gasteiger partial charge in [-0.2, -0.15) is 0 Å². The molecule has 0 saturated carbocycles. The number of benzene rings is 8. The third-order valence-electron chi connectivity index (χ3n) is 20.2. The molecule has 6 nitrogen and oxygen atoms in total. The fraction of sp³-hybridized carbons (Fsp3) is 0.200. The number of anilines is 6. The molecule has 0 N–H and O–H groups in total.